The number of nitrogens with zero attached hydrogens (tertiary/aromatic N) is 2. The van der Waals surface area contributed by atoms with Crippen molar-refractivity contribution in [3.63, 3.8) is 0 Å². The van der Waals surface area contributed by atoms with Gasteiger partial charge in [-0.2, -0.15) is 0 Å². The monoisotopic (exact) mass is 557 g/mol. The van der Waals surface area contributed by atoms with Crippen molar-refractivity contribution >= 4 is 11.8 Å². The highest BCUT2D eigenvalue weighted by Crippen LogP contribution is 2.34. The number of piperidine rings is 1. The highest BCUT2D eigenvalue weighted by atomic mass is 16.5. The fraction of sp³-hybridized carbons (Fsp3) is 0.394. The van der Waals surface area contributed by atoms with E-state index < -0.39 is 0 Å². The van der Waals surface area contributed by atoms with Gasteiger partial charge in [0.15, 0.2) is 11.5 Å². The van der Waals surface area contributed by atoms with Gasteiger partial charge in [-0.1, -0.05) is 30.3 Å². The third-order valence-corrected chi connectivity index (χ3v) is 8.04. The van der Waals surface area contributed by atoms with Crippen LogP contribution < -0.4 is 14.8 Å². The molecule has 0 spiro atoms. The summed E-state index contributed by atoms with van der Waals surface area (Å²) in [7, 11) is 3.17. The lowest BCUT2D eigenvalue weighted by Crippen LogP contribution is -2.47. The van der Waals surface area contributed by atoms with Crippen molar-refractivity contribution < 1.29 is 24.2 Å². The molecule has 2 aliphatic rings. The van der Waals surface area contributed by atoms with Gasteiger partial charge in [-0.05, 0) is 78.8 Å². The molecule has 1 aliphatic carbocycles. The number of likely N-dealkylation sites (tertiary alicyclic amines) is 1. The molecular formula is C33H39N3O5. The number of carbonyl (C=O) groups excluding carboxylic acids is 2. The minimum Gasteiger partial charge on any atom is -0.504 e. The SMILES string of the molecule is COc1ccc(CNC(=O)c2ccc(CN(C(=O)C3CC3)C3CCN(Cc4ccc(OC)c(O)c4)CC3)cc2)cc1. The van der Waals surface area contributed by atoms with Gasteiger partial charge in [0.2, 0.25) is 5.91 Å². The molecule has 0 unspecified atom stereocenters. The van der Waals surface area contributed by atoms with Gasteiger partial charge in [-0.3, -0.25) is 14.5 Å². The van der Waals surface area contributed by atoms with Crippen molar-refractivity contribution in [2.24, 2.45) is 5.92 Å². The van der Waals surface area contributed by atoms with Gasteiger partial charge >= 0.3 is 0 Å². The summed E-state index contributed by atoms with van der Waals surface area (Å²) in [5.74, 6) is 1.69. The molecule has 1 heterocycles. The zero-order valence-corrected chi connectivity index (χ0v) is 23.8. The Labute approximate surface area is 241 Å². The summed E-state index contributed by atoms with van der Waals surface area (Å²) in [5, 5.41) is 13.1. The first-order valence-corrected chi connectivity index (χ1v) is 14.3. The lowest BCUT2D eigenvalue weighted by Gasteiger charge is -2.39. The maximum absolute atomic E-state index is 13.3. The molecule has 0 radical (unpaired) electrons. The number of methoxy groups -OCH3 is 2. The summed E-state index contributed by atoms with van der Waals surface area (Å²) in [4.78, 5) is 30.5. The summed E-state index contributed by atoms with van der Waals surface area (Å²) < 4.78 is 10.3. The lowest BCUT2D eigenvalue weighted by molar-refractivity contribution is -0.136. The van der Waals surface area contributed by atoms with E-state index in [2.05, 4.69) is 15.1 Å². The van der Waals surface area contributed by atoms with E-state index in [0.29, 0.717) is 24.4 Å². The van der Waals surface area contributed by atoms with Crippen LogP contribution in [-0.2, 0) is 24.4 Å². The number of hydrogen-bond donors (Lipinski definition) is 2. The quantitative estimate of drug-likeness (QED) is 0.354. The molecule has 3 aromatic rings. The highest BCUT2D eigenvalue weighted by Gasteiger charge is 2.37. The van der Waals surface area contributed by atoms with Crippen molar-refractivity contribution in [1.29, 1.82) is 0 Å². The molecule has 5 rings (SSSR count). The predicted octanol–water partition coefficient (Wildman–Crippen LogP) is 4.74. The molecular weight excluding hydrogens is 518 g/mol. The molecule has 41 heavy (non-hydrogen) atoms. The minimum absolute atomic E-state index is 0.129. The molecule has 1 saturated heterocycles. The van der Waals surface area contributed by atoms with E-state index >= 15 is 0 Å². The number of aromatic hydroxyl groups is 1. The van der Waals surface area contributed by atoms with Crippen LogP contribution in [0.1, 0.15) is 52.7 Å². The largest absolute Gasteiger partial charge is 0.504 e. The molecule has 2 amide bonds. The fourth-order valence-corrected chi connectivity index (χ4v) is 5.42. The van der Waals surface area contributed by atoms with E-state index in [1.807, 2.05) is 54.6 Å². The molecule has 2 fully saturated rings. The van der Waals surface area contributed by atoms with Gasteiger partial charge in [-0.25, -0.2) is 0 Å². The van der Waals surface area contributed by atoms with Gasteiger partial charge in [0, 0.05) is 50.2 Å². The van der Waals surface area contributed by atoms with Crippen LogP contribution in [0.4, 0.5) is 0 Å². The van der Waals surface area contributed by atoms with Gasteiger partial charge < -0.3 is 24.8 Å². The van der Waals surface area contributed by atoms with E-state index in [1.54, 1.807) is 26.4 Å². The lowest BCUT2D eigenvalue weighted by atomic mass is 10.00. The van der Waals surface area contributed by atoms with E-state index in [4.69, 9.17) is 9.47 Å². The second-order valence-corrected chi connectivity index (χ2v) is 11.0. The van der Waals surface area contributed by atoms with Crippen LogP contribution >= 0.6 is 0 Å². The van der Waals surface area contributed by atoms with Crippen LogP contribution in [0, 0.1) is 5.92 Å². The number of hydrogen-bond acceptors (Lipinski definition) is 6. The van der Waals surface area contributed by atoms with E-state index in [-0.39, 0.29) is 29.5 Å². The number of amides is 2. The summed E-state index contributed by atoms with van der Waals surface area (Å²) in [6, 6.07) is 20.9. The van der Waals surface area contributed by atoms with Crippen LogP contribution in [0.25, 0.3) is 0 Å². The number of benzene rings is 3. The summed E-state index contributed by atoms with van der Waals surface area (Å²) >= 11 is 0. The van der Waals surface area contributed by atoms with Crippen LogP contribution in [0.15, 0.2) is 66.7 Å². The van der Waals surface area contributed by atoms with Crippen molar-refractivity contribution in [2.75, 3.05) is 27.3 Å². The zero-order valence-electron chi connectivity index (χ0n) is 23.8. The zero-order chi connectivity index (χ0) is 28.8. The van der Waals surface area contributed by atoms with Crippen LogP contribution in [0.2, 0.25) is 0 Å². The first-order chi connectivity index (χ1) is 19.9. The van der Waals surface area contributed by atoms with Crippen LogP contribution in [0.3, 0.4) is 0 Å². The van der Waals surface area contributed by atoms with Gasteiger partial charge in [0.25, 0.3) is 5.91 Å². The predicted molar refractivity (Wildman–Crippen MR) is 157 cm³/mol. The summed E-state index contributed by atoms with van der Waals surface area (Å²) in [6.45, 7) is 3.52. The molecule has 8 heteroatoms. The topological polar surface area (TPSA) is 91.3 Å². The number of phenolic OH excluding ortho intramolecular Hbond substituents is 1. The second-order valence-electron chi connectivity index (χ2n) is 11.0. The molecule has 1 saturated carbocycles. The first kappa shape index (κ1) is 28.5. The molecule has 0 bridgehead atoms. The Morgan fingerprint density at radius 1 is 0.878 bits per heavy atom. The molecule has 0 atom stereocenters. The Bertz CT molecular complexity index is 1330. The Balaban J connectivity index is 1.16. The Morgan fingerprint density at radius 3 is 2.15 bits per heavy atom. The molecule has 0 aromatic heterocycles. The molecule has 2 N–H and O–H groups in total. The molecule has 3 aromatic carbocycles. The molecule has 8 nitrogen and oxygen atoms in total. The summed E-state index contributed by atoms with van der Waals surface area (Å²) in [6.07, 6.45) is 3.77. The van der Waals surface area contributed by atoms with Crippen LogP contribution in [-0.4, -0.2) is 60.1 Å². The van der Waals surface area contributed by atoms with Crippen molar-refractivity contribution in [2.45, 2.75) is 51.4 Å². The standard InChI is InChI=1S/C33H39N3O5/c1-40-29-12-5-23(6-13-29)20-34-32(38)26-8-3-24(4-9-26)22-36(33(39)27-10-11-27)28-15-17-35(18-16-28)21-25-7-14-31(41-2)30(37)19-25/h3-9,12-14,19,27-28,37H,10-11,15-18,20-22H2,1-2H3,(H,34,38). The normalized spacial score (nSPS) is 15.8. The second kappa shape index (κ2) is 13.1. The fourth-order valence-electron chi connectivity index (χ4n) is 5.42. The number of nitrogens with one attached hydrogen (secondary N) is 1. The minimum atomic E-state index is -0.129. The van der Waals surface area contributed by atoms with Gasteiger partial charge in [0.1, 0.15) is 5.75 Å². The molecule has 216 valence electrons. The highest BCUT2D eigenvalue weighted by molar-refractivity contribution is 5.94. The Kier molecular flexibility index (Phi) is 9.09. The van der Waals surface area contributed by atoms with Gasteiger partial charge in [-0.15, -0.1) is 0 Å². The van der Waals surface area contributed by atoms with Crippen molar-refractivity contribution in [1.82, 2.24) is 15.1 Å². The van der Waals surface area contributed by atoms with E-state index in [0.717, 1.165) is 67.8 Å². The third-order valence-electron chi connectivity index (χ3n) is 8.04. The van der Waals surface area contributed by atoms with Crippen molar-refractivity contribution in [3.8, 4) is 17.2 Å². The smallest absolute Gasteiger partial charge is 0.251 e. The maximum atomic E-state index is 13.3. The number of rotatable bonds is 11. The van der Waals surface area contributed by atoms with E-state index in [1.165, 1.54) is 0 Å². The average Bonchev–Trinajstić information content (AvgIpc) is 3.85. The summed E-state index contributed by atoms with van der Waals surface area (Å²) in [5.41, 5.74) is 3.67. The Morgan fingerprint density at radius 2 is 1.54 bits per heavy atom. The Hall–Kier alpha value is -4.04. The van der Waals surface area contributed by atoms with Gasteiger partial charge in [0.05, 0.1) is 14.2 Å². The van der Waals surface area contributed by atoms with Crippen molar-refractivity contribution in [3.05, 3.63) is 89.0 Å². The number of phenols is 1. The first-order valence-electron chi connectivity index (χ1n) is 14.3. The molecule has 1 aliphatic heterocycles. The van der Waals surface area contributed by atoms with E-state index in [9.17, 15) is 14.7 Å². The number of carbonyl (C=O) groups is 2. The third kappa shape index (κ3) is 7.38. The number of ether oxygens (including phenoxy) is 2. The maximum Gasteiger partial charge on any atom is 0.251 e. The average molecular weight is 558 g/mol. The van der Waals surface area contributed by atoms with Crippen LogP contribution in [0.5, 0.6) is 17.2 Å².